The van der Waals surface area contributed by atoms with Gasteiger partial charge in [-0.2, -0.15) is 0 Å². The standard InChI is InChI=1S/C18H25N3O2/c1-13-10-16(14(2)23-13)11-20-18(19-3)21(4)12-15-6-8-17(22-5)9-7-15/h6-10H,11-12H2,1-5H3,(H,19,20). The fourth-order valence-electron chi connectivity index (χ4n) is 2.50. The third-order valence-corrected chi connectivity index (χ3v) is 3.73. The summed E-state index contributed by atoms with van der Waals surface area (Å²) in [6.07, 6.45) is 0. The summed E-state index contributed by atoms with van der Waals surface area (Å²) in [5.74, 6) is 3.59. The largest absolute Gasteiger partial charge is 0.497 e. The molecule has 1 aromatic carbocycles. The van der Waals surface area contributed by atoms with Gasteiger partial charge in [-0.15, -0.1) is 0 Å². The van der Waals surface area contributed by atoms with Gasteiger partial charge in [0.25, 0.3) is 0 Å². The molecule has 2 rings (SSSR count). The molecule has 0 unspecified atom stereocenters. The molecule has 0 aliphatic carbocycles. The molecule has 0 amide bonds. The van der Waals surface area contributed by atoms with Crippen LogP contribution in [0.3, 0.4) is 0 Å². The molecule has 1 heterocycles. The van der Waals surface area contributed by atoms with Gasteiger partial charge in [-0.1, -0.05) is 12.1 Å². The van der Waals surface area contributed by atoms with E-state index in [0.29, 0.717) is 6.54 Å². The summed E-state index contributed by atoms with van der Waals surface area (Å²) in [6.45, 7) is 5.41. The van der Waals surface area contributed by atoms with E-state index >= 15 is 0 Å². The minimum Gasteiger partial charge on any atom is -0.497 e. The van der Waals surface area contributed by atoms with E-state index in [1.165, 1.54) is 5.56 Å². The Morgan fingerprint density at radius 1 is 1.26 bits per heavy atom. The maximum atomic E-state index is 5.55. The molecule has 0 bridgehead atoms. The van der Waals surface area contributed by atoms with Crippen molar-refractivity contribution in [3.63, 3.8) is 0 Å². The number of nitrogens with one attached hydrogen (secondary N) is 1. The fraction of sp³-hybridized carbons (Fsp3) is 0.389. The summed E-state index contributed by atoms with van der Waals surface area (Å²) in [5, 5.41) is 3.37. The summed E-state index contributed by atoms with van der Waals surface area (Å²) in [5.41, 5.74) is 2.35. The Hall–Kier alpha value is -2.43. The third kappa shape index (κ3) is 4.52. The maximum Gasteiger partial charge on any atom is 0.193 e. The molecule has 0 fully saturated rings. The lowest BCUT2D eigenvalue weighted by Crippen LogP contribution is -2.38. The summed E-state index contributed by atoms with van der Waals surface area (Å²) in [4.78, 5) is 6.43. The first-order valence-electron chi connectivity index (χ1n) is 7.64. The van der Waals surface area contributed by atoms with Crippen molar-refractivity contribution in [3.05, 3.63) is 53.0 Å². The number of hydrogen-bond donors (Lipinski definition) is 1. The number of furan rings is 1. The number of aliphatic imine (C=N–C) groups is 1. The van der Waals surface area contributed by atoms with Gasteiger partial charge in [0.2, 0.25) is 0 Å². The molecule has 5 nitrogen and oxygen atoms in total. The van der Waals surface area contributed by atoms with E-state index in [1.807, 2.05) is 33.0 Å². The van der Waals surface area contributed by atoms with Crippen LogP contribution < -0.4 is 10.1 Å². The highest BCUT2D eigenvalue weighted by Crippen LogP contribution is 2.14. The van der Waals surface area contributed by atoms with E-state index in [2.05, 4.69) is 33.4 Å². The van der Waals surface area contributed by atoms with Gasteiger partial charge in [-0.3, -0.25) is 4.99 Å². The van der Waals surface area contributed by atoms with E-state index in [0.717, 1.165) is 35.3 Å². The van der Waals surface area contributed by atoms with E-state index in [1.54, 1.807) is 14.2 Å². The Morgan fingerprint density at radius 2 is 1.96 bits per heavy atom. The van der Waals surface area contributed by atoms with Crippen LogP contribution in [0.1, 0.15) is 22.6 Å². The van der Waals surface area contributed by atoms with Gasteiger partial charge in [0.15, 0.2) is 5.96 Å². The zero-order valence-electron chi connectivity index (χ0n) is 14.5. The van der Waals surface area contributed by atoms with E-state index < -0.39 is 0 Å². The molecule has 2 aromatic rings. The van der Waals surface area contributed by atoms with Crippen molar-refractivity contribution < 1.29 is 9.15 Å². The lowest BCUT2D eigenvalue weighted by atomic mass is 10.2. The number of benzene rings is 1. The average Bonchev–Trinajstić information content (AvgIpc) is 2.86. The Balaban J connectivity index is 1.95. The normalized spacial score (nSPS) is 11.4. The van der Waals surface area contributed by atoms with Crippen molar-refractivity contribution in [2.24, 2.45) is 4.99 Å². The van der Waals surface area contributed by atoms with Crippen LogP contribution in [0, 0.1) is 13.8 Å². The Morgan fingerprint density at radius 3 is 2.48 bits per heavy atom. The molecule has 23 heavy (non-hydrogen) atoms. The minimum atomic E-state index is 0.697. The zero-order valence-corrected chi connectivity index (χ0v) is 14.5. The van der Waals surface area contributed by atoms with Gasteiger partial charge in [-0.25, -0.2) is 0 Å². The van der Waals surface area contributed by atoms with Crippen molar-refractivity contribution >= 4 is 5.96 Å². The molecular formula is C18H25N3O2. The smallest absolute Gasteiger partial charge is 0.193 e. The average molecular weight is 315 g/mol. The van der Waals surface area contributed by atoms with E-state index in [4.69, 9.17) is 9.15 Å². The number of methoxy groups -OCH3 is 1. The van der Waals surface area contributed by atoms with Crippen LogP contribution >= 0.6 is 0 Å². The molecule has 0 radical (unpaired) electrons. The second kappa shape index (κ2) is 7.72. The number of hydrogen-bond acceptors (Lipinski definition) is 3. The van der Waals surface area contributed by atoms with Gasteiger partial charge in [0.1, 0.15) is 17.3 Å². The van der Waals surface area contributed by atoms with Crippen molar-refractivity contribution in [2.45, 2.75) is 26.9 Å². The lowest BCUT2D eigenvalue weighted by molar-refractivity contribution is 0.414. The van der Waals surface area contributed by atoms with Crippen LogP contribution in [0.5, 0.6) is 5.75 Å². The molecule has 124 valence electrons. The van der Waals surface area contributed by atoms with Crippen molar-refractivity contribution in [2.75, 3.05) is 21.2 Å². The Labute approximate surface area is 138 Å². The summed E-state index contributed by atoms with van der Waals surface area (Å²) in [6, 6.07) is 10.1. The first-order valence-corrected chi connectivity index (χ1v) is 7.64. The number of nitrogens with zero attached hydrogens (tertiary/aromatic N) is 2. The van der Waals surface area contributed by atoms with Gasteiger partial charge in [0, 0.05) is 32.7 Å². The molecule has 0 aliphatic heterocycles. The van der Waals surface area contributed by atoms with Gasteiger partial charge in [-0.05, 0) is 37.6 Å². The minimum absolute atomic E-state index is 0.697. The molecule has 1 N–H and O–H groups in total. The molecule has 1 aromatic heterocycles. The number of guanidine groups is 1. The van der Waals surface area contributed by atoms with E-state index in [-0.39, 0.29) is 0 Å². The van der Waals surface area contributed by atoms with Crippen molar-refractivity contribution in [1.29, 1.82) is 0 Å². The number of aryl methyl sites for hydroxylation is 2. The SMILES string of the molecule is CN=C(NCc1cc(C)oc1C)N(C)Cc1ccc(OC)cc1. The molecule has 5 heteroatoms. The maximum absolute atomic E-state index is 5.55. The predicted molar refractivity (Wildman–Crippen MR) is 92.8 cm³/mol. The number of ether oxygens (including phenoxy) is 1. The van der Waals surface area contributed by atoms with Gasteiger partial charge in [0.05, 0.1) is 7.11 Å². The summed E-state index contributed by atoms with van der Waals surface area (Å²) in [7, 11) is 5.49. The molecule has 0 saturated heterocycles. The zero-order chi connectivity index (χ0) is 16.8. The second-order valence-corrected chi connectivity index (χ2v) is 5.54. The summed E-state index contributed by atoms with van der Waals surface area (Å²) < 4.78 is 10.7. The van der Waals surface area contributed by atoms with Crippen LogP contribution in [0.15, 0.2) is 39.7 Å². The highest BCUT2D eigenvalue weighted by atomic mass is 16.5. The number of rotatable bonds is 5. The first kappa shape index (κ1) is 16.9. The molecular weight excluding hydrogens is 290 g/mol. The topological polar surface area (TPSA) is 50.0 Å². The fourth-order valence-corrected chi connectivity index (χ4v) is 2.50. The van der Waals surface area contributed by atoms with Crippen LogP contribution in [0.25, 0.3) is 0 Å². The summed E-state index contributed by atoms with van der Waals surface area (Å²) >= 11 is 0. The van der Waals surface area contributed by atoms with Crippen LogP contribution in [0.4, 0.5) is 0 Å². The molecule has 0 spiro atoms. The molecule has 0 atom stereocenters. The van der Waals surface area contributed by atoms with E-state index in [9.17, 15) is 0 Å². The van der Waals surface area contributed by atoms with Crippen LogP contribution in [-0.2, 0) is 13.1 Å². The quantitative estimate of drug-likeness (QED) is 0.680. The first-order chi connectivity index (χ1) is 11.0. The highest BCUT2D eigenvalue weighted by Gasteiger charge is 2.09. The van der Waals surface area contributed by atoms with Crippen molar-refractivity contribution in [1.82, 2.24) is 10.2 Å². The van der Waals surface area contributed by atoms with Crippen molar-refractivity contribution in [3.8, 4) is 5.75 Å². The van der Waals surface area contributed by atoms with Crippen LogP contribution in [0.2, 0.25) is 0 Å². The van der Waals surface area contributed by atoms with Gasteiger partial charge >= 0.3 is 0 Å². The second-order valence-electron chi connectivity index (χ2n) is 5.54. The Kier molecular flexibility index (Phi) is 5.68. The molecule has 0 aliphatic rings. The van der Waals surface area contributed by atoms with Crippen LogP contribution in [-0.4, -0.2) is 32.1 Å². The Bertz CT molecular complexity index is 659. The lowest BCUT2D eigenvalue weighted by Gasteiger charge is -2.22. The monoisotopic (exact) mass is 315 g/mol. The predicted octanol–water partition coefficient (Wildman–Crippen LogP) is 3.11. The van der Waals surface area contributed by atoms with Gasteiger partial charge < -0.3 is 19.4 Å². The highest BCUT2D eigenvalue weighted by molar-refractivity contribution is 5.79. The molecule has 0 saturated carbocycles. The third-order valence-electron chi connectivity index (χ3n) is 3.73.